The highest BCUT2D eigenvalue weighted by molar-refractivity contribution is 8.01. The van der Waals surface area contributed by atoms with Gasteiger partial charge in [0, 0.05) is 0 Å². The summed E-state index contributed by atoms with van der Waals surface area (Å²) in [6.07, 6.45) is 0. The predicted molar refractivity (Wildman–Crippen MR) is 75.6 cm³/mol. The van der Waals surface area contributed by atoms with Gasteiger partial charge in [-0.1, -0.05) is 11.3 Å². The third-order valence-electron chi connectivity index (χ3n) is 2.47. The average molecular weight is 298 g/mol. The molecule has 102 valence electrons. The summed E-state index contributed by atoms with van der Waals surface area (Å²) in [6, 6.07) is 3.40. The first kappa shape index (κ1) is 14.0. The number of ether oxygens (including phenoxy) is 1. The molecular formula is C12H14N2O3S2. The summed E-state index contributed by atoms with van der Waals surface area (Å²) < 4.78 is 11.1. The Kier molecular flexibility index (Phi) is 4.16. The zero-order valence-electron chi connectivity index (χ0n) is 10.8. The van der Waals surface area contributed by atoms with E-state index in [0.717, 1.165) is 15.7 Å². The summed E-state index contributed by atoms with van der Waals surface area (Å²) in [5, 5.41) is 0.624. The fraction of sp³-hybridized carbons (Fsp3) is 0.333. The number of aryl methyl sites for hydroxylation is 1. The van der Waals surface area contributed by atoms with Crippen LogP contribution < -0.4 is 5.73 Å². The van der Waals surface area contributed by atoms with E-state index < -0.39 is 5.97 Å². The van der Waals surface area contributed by atoms with E-state index in [9.17, 15) is 4.79 Å². The number of anilines is 1. The van der Waals surface area contributed by atoms with Crippen molar-refractivity contribution in [2.75, 3.05) is 12.8 Å². The van der Waals surface area contributed by atoms with Gasteiger partial charge in [0.1, 0.15) is 5.76 Å². The third-order valence-corrected chi connectivity index (χ3v) is 4.88. The Balaban J connectivity index is 2.11. The van der Waals surface area contributed by atoms with Crippen molar-refractivity contribution >= 4 is 34.2 Å². The number of hydrogen-bond donors (Lipinski definition) is 1. The highest BCUT2D eigenvalue weighted by Gasteiger charge is 2.18. The lowest BCUT2D eigenvalue weighted by atomic mass is 10.3. The van der Waals surface area contributed by atoms with Crippen LogP contribution in [0.1, 0.15) is 34.2 Å². The number of carbonyl (C=O) groups excluding carboxylic acids is 1. The van der Waals surface area contributed by atoms with Crippen molar-refractivity contribution in [2.24, 2.45) is 0 Å². The molecule has 5 nitrogen and oxygen atoms in total. The topological polar surface area (TPSA) is 78.4 Å². The minimum absolute atomic E-state index is 0.0666. The molecule has 0 fully saturated rings. The normalized spacial score (nSPS) is 12.4. The zero-order chi connectivity index (χ0) is 14.0. The molecule has 2 aromatic rings. The highest BCUT2D eigenvalue weighted by atomic mass is 32.2. The van der Waals surface area contributed by atoms with Crippen LogP contribution in [0.4, 0.5) is 5.13 Å². The van der Waals surface area contributed by atoms with Crippen molar-refractivity contribution in [3.63, 3.8) is 0 Å². The molecular weight excluding hydrogens is 284 g/mol. The number of rotatable bonds is 4. The summed E-state index contributed by atoms with van der Waals surface area (Å²) in [5.41, 5.74) is 6.58. The highest BCUT2D eigenvalue weighted by Crippen LogP contribution is 2.40. The first-order valence-corrected chi connectivity index (χ1v) is 7.28. The average Bonchev–Trinajstić information content (AvgIpc) is 2.96. The second-order valence-corrected chi connectivity index (χ2v) is 6.52. The van der Waals surface area contributed by atoms with Gasteiger partial charge in [-0.25, -0.2) is 9.78 Å². The third kappa shape index (κ3) is 3.10. The second kappa shape index (κ2) is 5.66. The van der Waals surface area contributed by atoms with Gasteiger partial charge in [-0.2, -0.15) is 0 Å². The van der Waals surface area contributed by atoms with Crippen molar-refractivity contribution in [3.05, 3.63) is 29.3 Å². The Morgan fingerprint density at radius 2 is 2.32 bits per heavy atom. The number of thiazole rings is 1. The number of thioether (sulfide) groups is 1. The van der Waals surface area contributed by atoms with E-state index >= 15 is 0 Å². The molecule has 0 aliphatic heterocycles. The van der Waals surface area contributed by atoms with E-state index in [1.54, 1.807) is 23.9 Å². The van der Waals surface area contributed by atoms with Crippen LogP contribution in [0.25, 0.3) is 0 Å². The quantitative estimate of drug-likeness (QED) is 0.689. The standard InChI is InChI=1S/C12H14N2O3S2/c1-6-11(19-12(13)14-6)18-7(2)8-4-5-9(17-8)10(15)16-3/h4-5,7H,1-3H3,(H2,13,14). The van der Waals surface area contributed by atoms with Gasteiger partial charge >= 0.3 is 5.97 Å². The van der Waals surface area contributed by atoms with Crippen LogP contribution in [0, 0.1) is 6.92 Å². The molecule has 2 heterocycles. The zero-order valence-corrected chi connectivity index (χ0v) is 12.4. The van der Waals surface area contributed by atoms with Gasteiger partial charge in [-0.3, -0.25) is 0 Å². The van der Waals surface area contributed by atoms with Crippen LogP contribution in [0.15, 0.2) is 20.8 Å². The smallest absolute Gasteiger partial charge is 0.373 e. The molecule has 2 N–H and O–H groups in total. The van der Waals surface area contributed by atoms with Crippen molar-refractivity contribution in [3.8, 4) is 0 Å². The van der Waals surface area contributed by atoms with Gasteiger partial charge < -0.3 is 14.9 Å². The number of nitrogens with two attached hydrogens (primary N) is 1. The van der Waals surface area contributed by atoms with E-state index in [2.05, 4.69) is 9.72 Å². The van der Waals surface area contributed by atoms with Gasteiger partial charge in [-0.05, 0) is 26.0 Å². The van der Waals surface area contributed by atoms with Gasteiger partial charge in [-0.15, -0.1) is 11.8 Å². The molecule has 0 aromatic carbocycles. The van der Waals surface area contributed by atoms with Crippen molar-refractivity contribution in [2.45, 2.75) is 23.3 Å². The SMILES string of the molecule is COC(=O)c1ccc(C(C)Sc2sc(N)nc2C)o1. The maximum Gasteiger partial charge on any atom is 0.373 e. The molecule has 1 unspecified atom stereocenters. The van der Waals surface area contributed by atoms with Crippen LogP contribution in [-0.2, 0) is 4.74 Å². The van der Waals surface area contributed by atoms with E-state index in [1.807, 2.05) is 13.8 Å². The number of hydrogen-bond acceptors (Lipinski definition) is 7. The molecule has 0 aliphatic carbocycles. The molecule has 0 saturated heterocycles. The molecule has 1 atom stereocenters. The van der Waals surface area contributed by atoms with E-state index in [0.29, 0.717) is 5.13 Å². The van der Waals surface area contributed by atoms with Gasteiger partial charge in [0.05, 0.1) is 22.3 Å². The number of methoxy groups -OCH3 is 1. The fourth-order valence-electron chi connectivity index (χ4n) is 1.51. The first-order chi connectivity index (χ1) is 9.01. The van der Waals surface area contributed by atoms with Crippen LogP contribution in [0.3, 0.4) is 0 Å². The summed E-state index contributed by atoms with van der Waals surface area (Å²) in [7, 11) is 1.33. The molecule has 2 rings (SSSR count). The molecule has 0 aliphatic rings. The van der Waals surface area contributed by atoms with Crippen molar-refractivity contribution in [1.29, 1.82) is 0 Å². The number of aromatic nitrogens is 1. The molecule has 7 heteroatoms. The Hall–Kier alpha value is -1.47. The molecule has 0 saturated carbocycles. The van der Waals surface area contributed by atoms with Crippen molar-refractivity contribution in [1.82, 2.24) is 4.98 Å². The molecule has 0 spiro atoms. The van der Waals surface area contributed by atoms with Crippen LogP contribution in [-0.4, -0.2) is 18.1 Å². The second-order valence-electron chi connectivity index (χ2n) is 3.88. The fourth-order valence-corrected chi connectivity index (χ4v) is 3.74. The van der Waals surface area contributed by atoms with E-state index in [1.165, 1.54) is 18.4 Å². The monoisotopic (exact) mass is 298 g/mol. The Labute approximate surface area is 119 Å². The summed E-state index contributed by atoms with van der Waals surface area (Å²) in [5.74, 6) is 0.462. The minimum atomic E-state index is -0.471. The lowest BCUT2D eigenvalue weighted by Gasteiger charge is -2.06. The summed E-state index contributed by atoms with van der Waals surface area (Å²) >= 11 is 3.06. The van der Waals surface area contributed by atoms with Gasteiger partial charge in [0.2, 0.25) is 5.76 Å². The number of nitrogens with zero attached hydrogens (tertiary/aromatic N) is 1. The Bertz CT molecular complexity index is 592. The molecule has 0 radical (unpaired) electrons. The van der Waals surface area contributed by atoms with Crippen molar-refractivity contribution < 1.29 is 13.9 Å². The Morgan fingerprint density at radius 1 is 1.58 bits per heavy atom. The first-order valence-electron chi connectivity index (χ1n) is 5.59. The lowest BCUT2D eigenvalue weighted by Crippen LogP contribution is -1.98. The van der Waals surface area contributed by atoms with Crippen LogP contribution in [0.2, 0.25) is 0 Å². The lowest BCUT2D eigenvalue weighted by molar-refractivity contribution is 0.0563. The van der Waals surface area contributed by atoms with Gasteiger partial charge in [0.15, 0.2) is 5.13 Å². The van der Waals surface area contributed by atoms with Crippen LogP contribution in [0.5, 0.6) is 0 Å². The number of esters is 1. The van der Waals surface area contributed by atoms with Gasteiger partial charge in [0.25, 0.3) is 0 Å². The van der Waals surface area contributed by atoms with Crippen LogP contribution >= 0.6 is 23.1 Å². The summed E-state index contributed by atoms with van der Waals surface area (Å²) in [4.78, 5) is 15.5. The van der Waals surface area contributed by atoms with E-state index in [-0.39, 0.29) is 11.0 Å². The largest absolute Gasteiger partial charge is 0.463 e. The molecule has 0 amide bonds. The number of furan rings is 1. The maximum absolute atomic E-state index is 11.3. The maximum atomic E-state index is 11.3. The molecule has 19 heavy (non-hydrogen) atoms. The molecule has 2 aromatic heterocycles. The van der Waals surface area contributed by atoms with E-state index in [4.69, 9.17) is 10.2 Å². The number of nitrogen functional groups attached to an aromatic ring is 1. The number of carbonyl (C=O) groups is 1. The predicted octanol–water partition coefficient (Wildman–Crippen LogP) is 3.27. The summed E-state index contributed by atoms with van der Waals surface area (Å²) in [6.45, 7) is 3.92. The minimum Gasteiger partial charge on any atom is -0.463 e. The molecule has 0 bridgehead atoms. The Morgan fingerprint density at radius 3 is 2.89 bits per heavy atom.